The quantitative estimate of drug-likeness (QED) is 0.758. The SMILES string of the molecule is COc1cc([C@H](C)O)c(N([O-])O)cc1OC. The summed E-state index contributed by atoms with van der Waals surface area (Å²) < 4.78 is 10.0. The maximum Gasteiger partial charge on any atom is 0.162 e. The molecule has 0 unspecified atom stereocenters. The van der Waals surface area contributed by atoms with Crippen LogP contribution in [0.1, 0.15) is 18.6 Å². The predicted molar refractivity (Wildman–Crippen MR) is 57.8 cm³/mol. The van der Waals surface area contributed by atoms with Gasteiger partial charge in [0.2, 0.25) is 0 Å². The lowest BCUT2D eigenvalue weighted by Gasteiger charge is -2.26. The van der Waals surface area contributed by atoms with Crippen LogP contribution >= 0.6 is 0 Å². The smallest absolute Gasteiger partial charge is 0.162 e. The van der Waals surface area contributed by atoms with Crippen molar-refractivity contribution in [2.24, 2.45) is 0 Å². The van der Waals surface area contributed by atoms with Gasteiger partial charge in [-0.25, -0.2) is 0 Å². The second kappa shape index (κ2) is 5.02. The Labute approximate surface area is 93.2 Å². The van der Waals surface area contributed by atoms with E-state index in [2.05, 4.69) is 0 Å². The zero-order chi connectivity index (χ0) is 12.3. The zero-order valence-electron chi connectivity index (χ0n) is 9.30. The highest BCUT2D eigenvalue weighted by molar-refractivity contribution is 5.61. The van der Waals surface area contributed by atoms with Crippen molar-refractivity contribution in [3.05, 3.63) is 22.9 Å². The molecule has 0 saturated heterocycles. The summed E-state index contributed by atoms with van der Waals surface area (Å²) in [6, 6.07) is 2.74. The van der Waals surface area contributed by atoms with E-state index in [1.165, 1.54) is 33.3 Å². The fourth-order valence-corrected chi connectivity index (χ4v) is 1.38. The first-order valence-corrected chi connectivity index (χ1v) is 4.61. The fourth-order valence-electron chi connectivity index (χ4n) is 1.38. The first kappa shape index (κ1) is 12.6. The summed E-state index contributed by atoms with van der Waals surface area (Å²) in [5.74, 6) is 0.681. The van der Waals surface area contributed by atoms with E-state index in [-0.39, 0.29) is 16.5 Å². The molecule has 1 aromatic carbocycles. The van der Waals surface area contributed by atoms with Crippen LogP contribution in [0.3, 0.4) is 0 Å². The molecule has 0 saturated carbocycles. The van der Waals surface area contributed by atoms with Crippen molar-refractivity contribution < 1.29 is 19.8 Å². The highest BCUT2D eigenvalue weighted by atomic mass is 16.8. The van der Waals surface area contributed by atoms with Gasteiger partial charge in [-0.3, -0.25) is 5.21 Å². The number of anilines is 1. The van der Waals surface area contributed by atoms with E-state index >= 15 is 0 Å². The Bertz CT molecular complexity index is 329. The molecule has 0 heterocycles. The van der Waals surface area contributed by atoms with Crippen LogP contribution in [-0.2, 0) is 0 Å². The number of ether oxygens (including phenoxy) is 2. The minimum Gasteiger partial charge on any atom is -0.733 e. The molecular weight excluding hydrogens is 214 g/mol. The standard InChI is InChI=1S/C10H14NO5/c1-6(12)7-4-9(15-2)10(16-3)5-8(7)11(13)14/h4-6,12-13H,1-3H3/q-1/t6-/m0/s1. The molecule has 0 fully saturated rings. The van der Waals surface area contributed by atoms with Gasteiger partial charge in [0.1, 0.15) is 0 Å². The number of aliphatic hydroxyl groups excluding tert-OH is 1. The summed E-state index contributed by atoms with van der Waals surface area (Å²) in [5, 5.41) is 29.0. The Balaban J connectivity index is 3.35. The van der Waals surface area contributed by atoms with Gasteiger partial charge in [0.25, 0.3) is 0 Å². The minimum absolute atomic E-state index is 0.0762. The topological polar surface area (TPSA) is 85.2 Å². The number of methoxy groups -OCH3 is 2. The normalized spacial score (nSPS) is 12.1. The van der Waals surface area contributed by atoms with Crippen LogP contribution in [-0.4, -0.2) is 24.5 Å². The lowest BCUT2D eigenvalue weighted by molar-refractivity contribution is 0.196. The average molecular weight is 228 g/mol. The van der Waals surface area contributed by atoms with Crippen molar-refractivity contribution in [2.45, 2.75) is 13.0 Å². The molecule has 1 rings (SSSR count). The van der Waals surface area contributed by atoms with Gasteiger partial charge in [0.15, 0.2) is 11.5 Å². The van der Waals surface area contributed by atoms with Crippen LogP contribution in [0, 0.1) is 5.21 Å². The maximum atomic E-state index is 10.9. The number of nitrogens with zero attached hydrogens (tertiary/aromatic N) is 1. The highest BCUT2D eigenvalue weighted by Crippen LogP contribution is 2.37. The Morgan fingerprint density at radius 3 is 2.12 bits per heavy atom. The van der Waals surface area contributed by atoms with Crippen molar-refractivity contribution in [1.29, 1.82) is 0 Å². The molecule has 90 valence electrons. The minimum atomic E-state index is -0.904. The molecule has 1 aromatic rings. The molecule has 0 spiro atoms. The summed E-state index contributed by atoms with van der Waals surface area (Å²) in [4.78, 5) is 0. The van der Waals surface area contributed by atoms with Crippen molar-refractivity contribution in [3.63, 3.8) is 0 Å². The molecule has 0 amide bonds. The Morgan fingerprint density at radius 1 is 1.25 bits per heavy atom. The summed E-state index contributed by atoms with van der Waals surface area (Å²) in [6.45, 7) is 1.48. The average Bonchev–Trinajstić information content (AvgIpc) is 2.26. The van der Waals surface area contributed by atoms with Crippen LogP contribution < -0.4 is 14.7 Å². The molecule has 2 N–H and O–H groups in total. The van der Waals surface area contributed by atoms with Crippen LogP contribution in [0.4, 0.5) is 5.69 Å². The number of hydrogen-bond donors (Lipinski definition) is 2. The van der Waals surface area contributed by atoms with Gasteiger partial charge >= 0.3 is 0 Å². The van der Waals surface area contributed by atoms with Gasteiger partial charge in [-0.15, -0.1) is 0 Å². The van der Waals surface area contributed by atoms with Crippen LogP contribution in [0.5, 0.6) is 11.5 Å². The second-order valence-corrected chi connectivity index (χ2v) is 3.21. The summed E-state index contributed by atoms with van der Waals surface area (Å²) in [7, 11) is 2.85. The monoisotopic (exact) mass is 228 g/mol. The van der Waals surface area contributed by atoms with E-state index in [1.807, 2.05) is 0 Å². The molecule has 6 nitrogen and oxygen atoms in total. The number of rotatable bonds is 4. The molecule has 0 radical (unpaired) electrons. The van der Waals surface area contributed by atoms with Crippen molar-refractivity contribution in [3.8, 4) is 11.5 Å². The molecule has 0 bridgehead atoms. The molecule has 0 aliphatic heterocycles. The number of aliphatic hydroxyl groups is 1. The third-order valence-corrected chi connectivity index (χ3v) is 2.19. The van der Waals surface area contributed by atoms with Crippen LogP contribution in [0.15, 0.2) is 12.1 Å². The Kier molecular flexibility index (Phi) is 3.94. The van der Waals surface area contributed by atoms with E-state index in [0.717, 1.165) is 0 Å². The lowest BCUT2D eigenvalue weighted by atomic mass is 10.1. The van der Waals surface area contributed by atoms with E-state index in [1.54, 1.807) is 0 Å². The number of benzene rings is 1. The van der Waals surface area contributed by atoms with Crippen molar-refractivity contribution in [1.82, 2.24) is 0 Å². The summed E-state index contributed by atoms with van der Waals surface area (Å²) in [6.07, 6.45) is -0.904. The highest BCUT2D eigenvalue weighted by Gasteiger charge is 2.15. The predicted octanol–water partition coefficient (Wildman–Crippen LogP) is 1.45. The van der Waals surface area contributed by atoms with E-state index in [4.69, 9.17) is 14.7 Å². The third-order valence-electron chi connectivity index (χ3n) is 2.19. The lowest BCUT2D eigenvalue weighted by Crippen LogP contribution is -2.12. The molecule has 0 aromatic heterocycles. The molecule has 0 aliphatic rings. The van der Waals surface area contributed by atoms with E-state index in [9.17, 15) is 10.3 Å². The molecule has 0 aliphatic carbocycles. The molecule has 6 heteroatoms. The maximum absolute atomic E-state index is 10.9. The van der Waals surface area contributed by atoms with Gasteiger partial charge in [0.05, 0.1) is 26.0 Å². The zero-order valence-corrected chi connectivity index (χ0v) is 9.30. The van der Waals surface area contributed by atoms with Gasteiger partial charge in [-0.05, 0) is 13.0 Å². The Hall–Kier alpha value is -1.50. The van der Waals surface area contributed by atoms with Gasteiger partial charge in [-0.2, -0.15) is 0 Å². The van der Waals surface area contributed by atoms with Gasteiger partial charge < -0.3 is 25.0 Å². The first-order valence-electron chi connectivity index (χ1n) is 4.61. The second-order valence-electron chi connectivity index (χ2n) is 3.21. The fraction of sp³-hybridized carbons (Fsp3) is 0.400. The van der Waals surface area contributed by atoms with Crippen molar-refractivity contribution in [2.75, 3.05) is 19.4 Å². The molecular formula is C10H14NO5-. The largest absolute Gasteiger partial charge is 0.733 e. The van der Waals surface area contributed by atoms with Crippen LogP contribution in [0.2, 0.25) is 0 Å². The van der Waals surface area contributed by atoms with Gasteiger partial charge in [0, 0.05) is 11.6 Å². The Morgan fingerprint density at radius 2 is 1.75 bits per heavy atom. The van der Waals surface area contributed by atoms with Gasteiger partial charge in [-0.1, -0.05) is 0 Å². The van der Waals surface area contributed by atoms with Crippen LogP contribution in [0.25, 0.3) is 0 Å². The summed E-state index contributed by atoms with van der Waals surface area (Å²) in [5.41, 5.74) is 0.183. The summed E-state index contributed by atoms with van der Waals surface area (Å²) >= 11 is 0. The molecule has 1 atom stereocenters. The van der Waals surface area contributed by atoms with E-state index < -0.39 is 6.10 Å². The number of hydrogen-bond acceptors (Lipinski definition) is 6. The van der Waals surface area contributed by atoms with E-state index in [0.29, 0.717) is 11.5 Å². The first-order chi connectivity index (χ1) is 7.51. The van der Waals surface area contributed by atoms with Crippen molar-refractivity contribution >= 4 is 5.69 Å². The molecule has 16 heavy (non-hydrogen) atoms. The third kappa shape index (κ3) is 2.35.